The number of nitrogens with one attached hydrogen (secondary N) is 3. The molecule has 0 saturated carbocycles. The van der Waals surface area contributed by atoms with Crippen LogP contribution < -0.4 is 25.4 Å². The number of nitrogens with zero attached hydrogens (tertiary/aromatic N) is 1. The maximum absolute atomic E-state index is 11.8. The summed E-state index contributed by atoms with van der Waals surface area (Å²) in [6, 6.07) is 12.8. The Labute approximate surface area is 206 Å². The third-order valence-electron chi connectivity index (χ3n) is 4.65. The minimum absolute atomic E-state index is 0. The van der Waals surface area contributed by atoms with Gasteiger partial charge in [0.05, 0.1) is 26.9 Å². The summed E-state index contributed by atoms with van der Waals surface area (Å²) >= 11 is 0. The van der Waals surface area contributed by atoms with Crippen LogP contribution in [0, 0.1) is 0 Å². The molecule has 0 aliphatic heterocycles. The number of hydrogen-bond donors (Lipinski definition) is 4. The molecule has 1 unspecified atom stereocenters. The van der Waals surface area contributed by atoms with E-state index >= 15 is 0 Å². The first-order valence-corrected chi connectivity index (χ1v) is 10.2. The Morgan fingerprint density at radius 3 is 2.38 bits per heavy atom. The van der Waals surface area contributed by atoms with E-state index in [1.807, 2.05) is 25.1 Å². The fourth-order valence-corrected chi connectivity index (χ4v) is 2.98. The van der Waals surface area contributed by atoms with Crippen LogP contribution in [-0.4, -0.2) is 57.9 Å². The van der Waals surface area contributed by atoms with Crippen LogP contribution in [0.3, 0.4) is 0 Å². The van der Waals surface area contributed by atoms with E-state index in [1.54, 1.807) is 45.5 Å². The Balaban J connectivity index is 0.00000512. The lowest BCUT2D eigenvalue weighted by molar-refractivity contribution is 0.0963. The van der Waals surface area contributed by atoms with Gasteiger partial charge in [-0.25, -0.2) is 0 Å². The quantitative estimate of drug-likeness (QED) is 0.204. The molecule has 0 aliphatic rings. The molecule has 4 N–H and O–H groups in total. The van der Waals surface area contributed by atoms with E-state index in [9.17, 15) is 9.90 Å². The average Bonchev–Trinajstić information content (AvgIpc) is 2.81. The van der Waals surface area contributed by atoms with Gasteiger partial charge in [-0.1, -0.05) is 12.1 Å². The Morgan fingerprint density at radius 1 is 1.09 bits per heavy atom. The van der Waals surface area contributed by atoms with Gasteiger partial charge >= 0.3 is 0 Å². The van der Waals surface area contributed by atoms with Crippen LogP contribution in [0.25, 0.3) is 0 Å². The molecule has 32 heavy (non-hydrogen) atoms. The highest BCUT2D eigenvalue weighted by atomic mass is 127. The lowest BCUT2D eigenvalue weighted by atomic mass is 10.1. The second-order valence-corrected chi connectivity index (χ2v) is 6.84. The van der Waals surface area contributed by atoms with Crippen molar-refractivity contribution in [3.63, 3.8) is 0 Å². The van der Waals surface area contributed by atoms with Crippen molar-refractivity contribution in [2.45, 2.75) is 19.4 Å². The van der Waals surface area contributed by atoms with Gasteiger partial charge in [0, 0.05) is 31.8 Å². The highest BCUT2D eigenvalue weighted by Gasteiger charge is 2.11. The van der Waals surface area contributed by atoms with Crippen molar-refractivity contribution < 1.29 is 19.4 Å². The summed E-state index contributed by atoms with van der Waals surface area (Å²) in [7, 11) is 4.76. The van der Waals surface area contributed by atoms with E-state index in [1.165, 1.54) is 0 Å². The first-order chi connectivity index (χ1) is 15.0. The molecule has 2 aromatic rings. The monoisotopic (exact) mass is 556 g/mol. The summed E-state index contributed by atoms with van der Waals surface area (Å²) in [4.78, 5) is 16.3. The van der Waals surface area contributed by atoms with Crippen molar-refractivity contribution in [1.29, 1.82) is 0 Å². The van der Waals surface area contributed by atoms with Crippen LogP contribution in [-0.2, 0) is 6.42 Å². The van der Waals surface area contributed by atoms with Crippen molar-refractivity contribution in [2.24, 2.45) is 4.99 Å². The zero-order valence-corrected chi connectivity index (χ0v) is 21.3. The molecule has 0 aromatic heterocycles. The fraction of sp³-hybridized carbons (Fsp3) is 0.391. The number of ether oxygens (including phenoxy) is 2. The first-order valence-electron chi connectivity index (χ1n) is 10.2. The third kappa shape index (κ3) is 8.54. The number of guanidine groups is 1. The van der Waals surface area contributed by atoms with Gasteiger partial charge in [-0.2, -0.15) is 0 Å². The highest BCUT2D eigenvalue weighted by molar-refractivity contribution is 14.0. The average molecular weight is 556 g/mol. The van der Waals surface area contributed by atoms with Crippen LogP contribution in [0.5, 0.6) is 11.5 Å². The van der Waals surface area contributed by atoms with Gasteiger partial charge in [0.25, 0.3) is 5.91 Å². The predicted octanol–water partition coefficient (Wildman–Crippen LogP) is 2.51. The molecule has 9 heteroatoms. The van der Waals surface area contributed by atoms with Crippen molar-refractivity contribution >= 4 is 35.8 Å². The van der Waals surface area contributed by atoms with Gasteiger partial charge in [0.2, 0.25) is 0 Å². The van der Waals surface area contributed by atoms with Crippen LogP contribution >= 0.6 is 24.0 Å². The molecule has 1 amide bonds. The Kier molecular flexibility index (Phi) is 12.5. The number of benzene rings is 2. The summed E-state index contributed by atoms with van der Waals surface area (Å²) in [5.41, 5.74) is 2.35. The zero-order chi connectivity index (χ0) is 22.6. The van der Waals surface area contributed by atoms with Gasteiger partial charge in [-0.3, -0.25) is 9.79 Å². The van der Waals surface area contributed by atoms with Crippen molar-refractivity contribution in [2.75, 3.05) is 40.9 Å². The number of methoxy groups -OCH3 is 2. The maximum atomic E-state index is 11.8. The second-order valence-electron chi connectivity index (χ2n) is 6.84. The molecule has 0 spiro atoms. The van der Waals surface area contributed by atoms with E-state index in [4.69, 9.17) is 9.47 Å². The predicted molar refractivity (Wildman–Crippen MR) is 137 cm³/mol. The van der Waals surface area contributed by atoms with Crippen LogP contribution in [0.4, 0.5) is 0 Å². The van der Waals surface area contributed by atoms with Crippen LogP contribution in [0.15, 0.2) is 47.5 Å². The second kappa shape index (κ2) is 14.5. The Hall–Kier alpha value is -2.53. The van der Waals surface area contributed by atoms with E-state index < -0.39 is 6.10 Å². The van der Waals surface area contributed by atoms with E-state index in [0.29, 0.717) is 41.7 Å². The summed E-state index contributed by atoms with van der Waals surface area (Å²) in [5.74, 6) is 1.73. The number of hydrogen-bond acceptors (Lipinski definition) is 5. The molecule has 0 radical (unpaired) electrons. The van der Waals surface area contributed by atoms with Crippen molar-refractivity contribution in [3.8, 4) is 11.5 Å². The number of rotatable bonds is 10. The van der Waals surface area contributed by atoms with Gasteiger partial charge in [-0.05, 0) is 48.7 Å². The SMILES string of the molecule is CCNC(=NCC(O)c1cc(OC)cc(OC)c1)NCCc1cccc(C(=O)NC)c1.I. The zero-order valence-electron chi connectivity index (χ0n) is 19.0. The molecule has 1 atom stereocenters. The first kappa shape index (κ1) is 27.5. The normalized spacial score (nSPS) is 11.7. The molecule has 176 valence electrons. The number of aliphatic hydroxyl groups excluding tert-OH is 1. The van der Waals surface area contributed by atoms with E-state index in [0.717, 1.165) is 12.0 Å². The lowest BCUT2D eigenvalue weighted by Gasteiger charge is -2.15. The molecule has 0 bridgehead atoms. The number of aliphatic imine (C=N–C) groups is 1. The van der Waals surface area contributed by atoms with E-state index in [2.05, 4.69) is 20.9 Å². The molecule has 0 fully saturated rings. The molecular weight excluding hydrogens is 523 g/mol. The minimum Gasteiger partial charge on any atom is -0.497 e. The highest BCUT2D eigenvalue weighted by Crippen LogP contribution is 2.26. The molecular formula is C23H33IN4O4. The lowest BCUT2D eigenvalue weighted by Crippen LogP contribution is -2.38. The number of aliphatic hydroxyl groups is 1. The molecule has 0 aliphatic carbocycles. The molecule has 2 rings (SSSR count). The van der Waals surface area contributed by atoms with Crippen molar-refractivity contribution in [1.82, 2.24) is 16.0 Å². The molecule has 2 aromatic carbocycles. The Morgan fingerprint density at radius 2 is 1.78 bits per heavy atom. The van der Waals surface area contributed by atoms with Crippen LogP contribution in [0.1, 0.15) is 34.5 Å². The number of halogens is 1. The standard InChI is InChI=1S/C23H32N4O4.HI/c1-5-25-23(26-10-9-16-7-6-8-17(11-16)22(29)24-2)27-15-21(28)18-12-19(30-3)14-20(13-18)31-4;/h6-8,11-14,21,28H,5,9-10,15H2,1-4H3,(H,24,29)(H2,25,26,27);1H. The summed E-state index contributed by atoms with van der Waals surface area (Å²) in [5, 5.41) is 19.6. The van der Waals surface area contributed by atoms with Gasteiger partial charge in [0.1, 0.15) is 11.5 Å². The van der Waals surface area contributed by atoms with Gasteiger partial charge in [-0.15, -0.1) is 24.0 Å². The maximum Gasteiger partial charge on any atom is 0.251 e. The molecule has 8 nitrogen and oxygen atoms in total. The van der Waals surface area contributed by atoms with Gasteiger partial charge < -0.3 is 30.5 Å². The minimum atomic E-state index is -0.802. The molecule has 0 saturated heterocycles. The third-order valence-corrected chi connectivity index (χ3v) is 4.65. The number of carbonyl (C=O) groups excluding carboxylic acids is 1. The summed E-state index contributed by atoms with van der Waals surface area (Å²) in [6.45, 7) is 3.48. The van der Waals surface area contributed by atoms with Crippen molar-refractivity contribution in [3.05, 3.63) is 59.2 Å². The Bertz CT molecular complexity index is 870. The smallest absolute Gasteiger partial charge is 0.251 e. The topological polar surface area (TPSA) is 104 Å². The summed E-state index contributed by atoms with van der Waals surface area (Å²) in [6.07, 6.45) is -0.0751. The fourth-order valence-electron chi connectivity index (χ4n) is 2.98. The summed E-state index contributed by atoms with van der Waals surface area (Å²) < 4.78 is 10.5. The van der Waals surface area contributed by atoms with Gasteiger partial charge in [0.15, 0.2) is 5.96 Å². The number of amides is 1. The van der Waals surface area contributed by atoms with Crippen LogP contribution in [0.2, 0.25) is 0 Å². The van der Waals surface area contributed by atoms with E-state index in [-0.39, 0.29) is 36.4 Å². The largest absolute Gasteiger partial charge is 0.497 e. The molecule has 0 heterocycles. The number of carbonyl (C=O) groups is 1.